The summed E-state index contributed by atoms with van der Waals surface area (Å²) in [7, 11) is 0. The summed E-state index contributed by atoms with van der Waals surface area (Å²) in [6, 6.07) is -1.42. The maximum Gasteiger partial charge on any atom is 0.321 e. The number of hydrogen-bond donors (Lipinski definition) is 4. The van der Waals surface area contributed by atoms with Crippen LogP contribution in [0.15, 0.2) is 6.20 Å². The van der Waals surface area contributed by atoms with E-state index in [1.165, 1.54) is 10.9 Å². The highest BCUT2D eigenvalue weighted by molar-refractivity contribution is 5.76. The predicted molar refractivity (Wildman–Crippen MR) is 70.2 cm³/mol. The van der Waals surface area contributed by atoms with Crippen LogP contribution in [0, 0.1) is 5.92 Å². The molecule has 4 N–H and O–H groups in total. The predicted octanol–water partition coefficient (Wildman–Crippen LogP) is -1.02. The third-order valence-electron chi connectivity index (χ3n) is 3.64. The molecule has 0 spiro atoms. The Labute approximate surface area is 124 Å². The first-order chi connectivity index (χ1) is 10.4. The highest BCUT2D eigenvalue weighted by atomic mass is 16.4. The van der Waals surface area contributed by atoms with Crippen LogP contribution in [0.5, 0.6) is 0 Å². The Hall–Kier alpha value is -2.49. The Bertz CT molecular complexity index is 586. The Morgan fingerprint density at radius 1 is 1.27 bits per heavy atom. The summed E-state index contributed by atoms with van der Waals surface area (Å²) in [5.41, 5.74) is 0.468. The number of nitrogens with one attached hydrogen (secondary N) is 1. The van der Waals surface area contributed by atoms with Crippen molar-refractivity contribution in [2.24, 2.45) is 5.92 Å². The van der Waals surface area contributed by atoms with Crippen LogP contribution in [0.2, 0.25) is 0 Å². The van der Waals surface area contributed by atoms with Gasteiger partial charge in [-0.05, 0) is 0 Å². The van der Waals surface area contributed by atoms with E-state index < -0.39 is 35.9 Å². The highest BCUT2D eigenvalue weighted by Crippen LogP contribution is 2.30. The van der Waals surface area contributed by atoms with E-state index in [9.17, 15) is 14.4 Å². The minimum Gasteiger partial charge on any atom is -0.481 e. The Morgan fingerprint density at radius 2 is 2.00 bits per heavy atom. The highest BCUT2D eigenvalue weighted by Gasteiger charge is 2.42. The molecule has 3 atom stereocenters. The quantitative estimate of drug-likeness (QED) is 0.495. The van der Waals surface area contributed by atoms with Crippen LogP contribution in [-0.4, -0.2) is 60.8 Å². The van der Waals surface area contributed by atoms with Gasteiger partial charge in [0.25, 0.3) is 0 Å². The van der Waals surface area contributed by atoms with Gasteiger partial charge < -0.3 is 20.6 Å². The first-order valence-electron chi connectivity index (χ1n) is 6.69. The van der Waals surface area contributed by atoms with Gasteiger partial charge in [-0.3, -0.25) is 14.4 Å². The van der Waals surface area contributed by atoms with Crippen molar-refractivity contribution < 1.29 is 29.7 Å². The zero-order chi connectivity index (χ0) is 16.3. The molecule has 10 nitrogen and oxygen atoms in total. The molecule has 120 valence electrons. The van der Waals surface area contributed by atoms with Gasteiger partial charge in [-0.25, -0.2) is 4.68 Å². The van der Waals surface area contributed by atoms with Crippen LogP contribution < -0.4 is 5.32 Å². The Morgan fingerprint density at radius 3 is 2.59 bits per heavy atom. The van der Waals surface area contributed by atoms with E-state index in [0.29, 0.717) is 5.69 Å². The number of aryl methyl sites for hydroxylation is 1. The standard InChI is InChI=1S/C12H16N4O6/c17-9(18)2-1-6-5-16(15-14-6)8-4-13-11(12(21)22)7(8)3-10(19)20/h5,7-8,11,13H,1-4H2,(H,17,18)(H,19,20)(H,21,22)/t7-,8-,11-/m0/s1. The van der Waals surface area contributed by atoms with E-state index in [2.05, 4.69) is 15.6 Å². The summed E-state index contributed by atoms with van der Waals surface area (Å²) >= 11 is 0. The SMILES string of the molecule is O=C(O)CCc1cn([C@H]2CN[C@H](C(=O)O)[C@H]2CC(=O)O)nn1. The molecule has 1 aromatic rings. The Balaban J connectivity index is 2.14. The number of carboxylic acid groups (broad SMARTS) is 3. The van der Waals surface area contributed by atoms with Crippen molar-refractivity contribution in [2.45, 2.75) is 31.3 Å². The fourth-order valence-corrected chi connectivity index (χ4v) is 2.61. The second-order valence-electron chi connectivity index (χ2n) is 5.14. The number of hydrogen-bond acceptors (Lipinski definition) is 6. The average Bonchev–Trinajstić information content (AvgIpc) is 3.01. The Kier molecular flexibility index (Phi) is 4.71. The molecular weight excluding hydrogens is 296 g/mol. The molecule has 0 unspecified atom stereocenters. The molecule has 1 fully saturated rings. The largest absolute Gasteiger partial charge is 0.481 e. The second kappa shape index (κ2) is 6.52. The van der Waals surface area contributed by atoms with E-state index in [-0.39, 0.29) is 25.8 Å². The van der Waals surface area contributed by atoms with Gasteiger partial charge in [0.05, 0.1) is 24.6 Å². The van der Waals surface area contributed by atoms with Crippen molar-refractivity contribution in [3.63, 3.8) is 0 Å². The first-order valence-corrected chi connectivity index (χ1v) is 6.69. The van der Waals surface area contributed by atoms with E-state index in [4.69, 9.17) is 15.3 Å². The molecule has 0 bridgehead atoms. The first kappa shape index (κ1) is 15.9. The molecule has 2 heterocycles. The number of carboxylic acids is 3. The summed E-state index contributed by atoms with van der Waals surface area (Å²) < 4.78 is 1.42. The maximum atomic E-state index is 11.2. The fourth-order valence-electron chi connectivity index (χ4n) is 2.61. The smallest absolute Gasteiger partial charge is 0.321 e. The monoisotopic (exact) mass is 312 g/mol. The minimum absolute atomic E-state index is 0.0854. The molecule has 1 aromatic heterocycles. The molecule has 0 amide bonds. The summed E-state index contributed by atoms with van der Waals surface area (Å²) in [5.74, 6) is -3.81. The van der Waals surface area contributed by atoms with Crippen LogP contribution in [-0.2, 0) is 20.8 Å². The average molecular weight is 312 g/mol. The van der Waals surface area contributed by atoms with Crippen molar-refractivity contribution >= 4 is 17.9 Å². The van der Waals surface area contributed by atoms with E-state index in [1.54, 1.807) is 0 Å². The normalized spacial score (nSPS) is 24.3. The van der Waals surface area contributed by atoms with Crippen LogP contribution in [0.1, 0.15) is 24.6 Å². The number of carbonyl (C=O) groups is 3. The van der Waals surface area contributed by atoms with Crippen molar-refractivity contribution in [2.75, 3.05) is 6.54 Å². The second-order valence-corrected chi connectivity index (χ2v) is 5.14. The van der Waals surface area contributed by atoms with E-state index in [0.717, 1.165) is 0 Å². The molecule has 1 aliphatic rings. The van der Waals surface area contributed by atoms with Crippen LogP contribution in [0.3, 0.4) is 0 Å². The topological polar surface area (TPSA) is 155 Å². The zero-order valence-electron chi connectivity index (χ0n) is 11.5. The lowest BCUT2D eigenvalue weighted by atomic mass is 9.93. The zero-order valence-corrected chi connectivity index (χ0v) is 11.5. The summed E-state index contributed by atoms with van der Waals surface area (Å²) in [6.07, 6.45) is 1.35. The lowest BCUT2D eigenvalue weighted by molar-refractivity contribution is -0.142. The molecule has 2 rings (SSSR count). The minimum atomic E-state index is -1.11. The van der Waals surface area contributed by atoms with Gasteiger partial charge in [0.15, 0.2) is 0 Å². The molecule has 0 radical (unpaired) electrons. The third kappa shape index (κ3) is 3.58. The lowest BCUT2D eigenvalue weighted by Gasteiger charge is -2.19. The molecular formula is C12H16N4O6. The van der Waals surface area contributed by atoms with Crippen molar-refractivity contribution in [3.05, 3.63) is 11.9 Å². The third-order valence-corrected chi connectivity index (χ3v) is 3.64. The molecule has 0 saturated carbocycles. The summed E-state index contributed by atoms with van der Waals surface area (Å²) in [4.78, 5) is 32.7. The van der Waals surface area contributed by atoms with Gasteiger partial charge in [0, 0.05) is 25.1 Å². The lowest BCUT2D eigenvalue weighted by Crippen LogP contribution is -2.37. The van der Waals surface area contributed by atoms with Crippen LogP contribution in [0.25, 0.3) is 0 Å². The fraction of sp³-hybridized carbons (Fsp3) is 0.583. The van der Waals surface area contributed by atoms with Gasteiger partial charge >= 0.3 is 17.9 Å². The van der Waals surface area contributed by atoms with Gasteiger partial charge in [-0.15, -0.1) is 5.10 Å². The van der Waals surface area contributed by atoms with Gasteiger partial charge in [-0.1, -0.05) is 5.21 Å². The van der Waals surface area contributed by atoms with Gasteiger partial charge in [0.1, 0.15) is 6.04 Å². The van der Waals surface area contributed by atoms with Crippen molar-refractivity contribution in [3.8, 4) is 0 Å². The number of nitrogens with zero attached hydrogens (tertiary/aromatic N) is 3. The molecule has 1 aliphatic heterocycles. The number of rotatable bonds is 7. The molecule has 1 saturated heterocycles. The van der Waals surface area contributed by atoms with Crippen LogP contribution >= 0.6 is 0 Å². The van der Waals surface area contributed by atoms with Crippen LogP contribution in [0.4, 0.5) is 0 Å². The summed E-state index contributed by atoms with van der Waals surface area (Å²) in [6.45, 7) is 0.261. The number of aromatic nitrogens is 3. The van der Waals surface area contributed by atoms with Gasteiger partial charge in [0.2, 0.25) is 0 Å². The summed E-state index contributed by atoms with van der Waals surface area (Å²) in [5, 5.41) is 37.2. The van der Waals surface area contributed by atoms with Gasteiger partial charge in [-0.2, -0.15) is 0 Å². The van der Waals surface area contributed by atoms with E-state index in [1.807, 2.05) is 0 Å². The number of aliphatic carboxylic acids is 3. The molecule has 0 aliphatic carbocycles. The maximum absolute atomic E-state index is 11.2. The van der Waals surface area contributed by atoms with Crippen molar-refractivity contribution in [1.29, 1.82) is 0 Å². The van der Waals surface area contributed by atoms with E-state index >= 15 is 0 Å². The molecule has 22 heavy (non-hydrogen) atoms. The molecule has 10 heteroatoms. The van der Waals surface area contributed by atoms with Crippen molar-refractivity contribution in [1.82, 2.24) is 20.3 Å². The molecule has 0 aromatic carbocycles.